The van der Waals surface area contributed by atoms with E-state index in [9.17, 15) is 9.59 Å². The lowest BCUT2D eigenvalue weighted by atomic mass is 9.99. The molecule has 2 rings (SSSR count). The first-order chi connectivity index (χ1) is 7.18. The van der Waals surface area contributed by atoms with Crippen molar-refractivity contribution in [1.29, 1.82) is 0 Å². The van der Waals surface area contributed by atoms with Crippen molar-refractivity contribution in [2.45, 2.75) is 26.2 Å². The molecular weight excluding hydrogens is 190 g/mol. The third-order valence-electron chi connectivity index (χ3n) is 2.66. The van der Waals surface area contributed by atoms with E-state index >= 15 is 0 Å². The van der Waals surface area contributed by atoms with Crippen LogP contribution < -0.4 is 5.32 Å². The van der Waals surface area contributed by atoms with Gasteiger partial charge in [-0.15, -0.1) is 0 Å². The van der Waals surface area contributed by atoms with Crippen molar-refractivity contribution in [3.8, 4) is 0 Å². The second-order valence-corrected chi connectivity index (χ2v) is 3.79. The predicted octanol–water partition coefficient (Wildman–Crippen LogP) is 2.16. The fourth-order valence-electron chi connectivity index (χ4n) is 1.94. The lowest BCUT2D eigenvalue weighted by Crippen LogP contribution is -2.10. The van der Waals surface area contributed by atoms with Gasteiger partial charge < -0.3 is 5.32 Å². The van der Waals surface area contributed by atoms with Gasteiger partial charge in [0.05, 0.1) is 0 Å². The zero-order valence-electron chi connectivity index (χ0n) is 8.67. The van der Waals surface area contributed by atoms with Gasteiger partial charge in [0.1, 0.15) is 0 Å². The molecule has 0 saturated carbocycles. The van der Waals surface area contributed by atoms with Crippen LogP contribution in [0.5, 0.6) is 0 Å². The van der Waals surface area contributed by atoms with Crippen molar-refractivity contribution in [1.82, 2.24) is 0 Å². The zero-order chi connectivity index (χ0) is 10.8. The van der Waals surface area contributed by atoms with Crippen LogP contribution in [-0.4, -0.2) is 11.7 Å². The third kappa shape index (κ3) is 1.91. The van der Waals surface area contributed by atoms with Gasteiger partial charge in [0, 0.05) is 17.7 Å². The van der Waals surface area contributed by atoms with Gasteiger partial charge in [0.2, 0.25) is 5.91 Å². The SMILES string of the molecule is CC(=O)c1cccc2c1CCCC(=O)N2. The molecule has 0 saturated heterocycles. The second kappa shape index (κ2) is 3.85. The zero-order valence-corrected chi connectivity index (χ0v) is 8.67. The number of amides is 1. The van der Waals surface area contributed by atoms with Gasteiger partial charge in [-0.05, 0) is 31.4 Å². The van der Waals surface area contributed by atoms with Crippen LogP contribution in [0.2, 0.25) is 0 Å². The van der Waals surface area contributed by atoms with Gasteiger partial charge in [-0.25, -0.2) is 0 Å². The summed E-state index contributed by atoms with van der Waals surface area (Å²) in [4.78, 5) is 22.7. The minimum absolute atomic E-state index is 0.0365. The maximum atomic E-state index is 11.4. The monoisotopic (exact) mass is 203 g/mol. The largest absolute Gasteiger partial charge is 0.326 e. The standard InChI is InChI=1S/C12H13NO2/c1-8(14)9-4-2-6-11-10(9)5-3-7-12(15)13-11/h2,4,6H,3,5,7H2,1H3,(H,13,15). The number of Topliss-reactive ketones (excluding diaryl/α,β-unsaturated/α-hetero) is 1. The molecular formula is C12H13NO2. The predicted molar refractivity (Wildman–Crippen MR) is 58.0 cm³/mol. The second-order valence-electron chi connectivity index (χ2n) is 3.79. The maximum absolute atomic E-state index is 11.4. The van der Waals surface area contributed by atoms with Crippen LogP contribution in [0.3, 0.4) is 0 Å². The fraction of sp³-hybridized carbons (Fsp3) is 0.333. The van der Waals surface area contributed by atoms with Crippen LogP contribution in [0, 0.1) is 0 Å². The molecule has 15 heavy (non-hydrogen) atoms. The highest BCUT2D eigenvalue weighted by Gasteiger charge is 2.16. The van der Waals surface area contributed by atoms with E-state index in [1.165, 1.54) is 0 Å². The Kier molecular flexibility index (Phi) is 2.54. The summed E-state index contributed by atoms with van der Waals surface area (Å²) in [5, 5.41) is 2.83. The number of hydrogen-bond acceptors (Lipinski definition) is 2. The number of fused-ring (bicyclic) bond motifs is 1. The number of ketones is 1. The van der Waals surface area contributed by atoms with Gasteiger partial charge in [0.15, 0.2) is 5.78 Å². The van der Waals surface area contributed by atoms with Crippen molar-refractivity contribution in [3.05, 3.63) is 29.3 Å². The fourth-order valence-corrected chi connectivity index (χ4v) is 1.94. The molecule has 0 aliphatic carbocycles. The Hall–Kier alpha value is -1.64. The van der Waals surface area contributed by atoms with E-state index < -0.39 is 0 Å². The highest BCUT2D eigenvalue weighted by Crippen LogP contribution is 2.25. The first kappa shape index (κ1) is 9.90. The number of nitrogens with one attached hydrogen (secondary N) is 1. The molecule has 0 spiro atoms. The van der Waals surface area contributed by atoms with E-state index in [2.05, 4.69) is 5.32 Å². The molecule has 1 aliphatic rings. The average molecular weight is 203 g/mol. The molecule has 1 aliphatic heterocycles. The van der Waals surface area contributed by atoms with Gasteiger partial charge in [0.25, 0.3) is 0 Å². The van der Waals surface area contributed by atoms with E-state index in [1.54, 1.807) is 13.0 Å². The van der Waals surface area contributed by atoms with Crippen molar-refractivity contribution in [3.63, 3.8) is 0 Å². The molecule has 1 aromatic carbocycles. The van der Waals surface area contributed by atoms with Crippen molar-refractivity contribution >= 4 is 17.4 Å². The van der Waals surface area contributed by atoms with Gasteiger partial charge in [-0.1, -0.05) is 12.1 Å². The normalized spacial score (nSPS) is 15.1. The molecule has 1 heterocycles. The highest BCUT2D eigenvalue weighted by molar-refractivity contribution is 5.99. The van der Waals surface area contributed by atoms with Gasteiger partial charge in [-0.2, -0.15) is 0 Å². The molecule has 1 N–H and O–H groups in total. The Bertz CT molecular complexity index is 424. The van der Waals surface area contributed by atoms with E-state index in [4.69, 9.17) is 0 Å². The van der Waals surface area contributed by atoms with Crippen molar-refractivity contribution < 1.29 is 9.59 Å². The summed E-state index contributed by atoms with van der Waals surface area (Å²) in [6.07, 6.45) is 2.14. The van der Waals surface area contributed by atoms with Crippen LogP contribution in [0.1, 0.15) is 35.7 Å². The number of anilines is 1. The van der Waals surface area contributed by atoms with Gasteiger partial charge >= 0.3 is 0 Å². The maximum Gasteiger partial charge on any atom is 0.224 e. The molecule has 3 nitrogen and oxygen atoms in total. The van der Waals surface area contributed by atoms with Crippen LogP contribution in [-0.2, 0) is 11.2 Å². The summed E-state index contributed by atoms with van der Waals surface area (Å²) in [5.41, 5.74) is 2.51. The van der Waals surface area contributed by atoms with E-state index in [0.717, 1.165) is 29.7 Å². The average Bonchev–Trinajstić information content (AvgIpc) is 2.37. The first-order valence-corrected chi connectivity index (χ1v) is 5.11. The van der Waals surface area contributed by atoms with E-state index in [0.29, 0.717) is 6.42 Å². The molecule has 0 bridgehead atoms. The van der Waals surface area contributed by atoms with Crippen molar-refractivity contribution in [2.75, 3.05) is 5.32 Å². The Balaban J connectivity index is 2.50. The third-order valence-corrected chi connectivity index (χ3v) is 2.66. The summed E-state index contributed by atoms with van der Waals surface area (Å²) in [6.45, 7) is 1.56. The van der Waals surface area contributed by atoms with Crippen LogP contribution in [0.25, 0.3) is 0 Å². The Morgan fingerprint density at radius 2 is 2.13 bits per heavy atom. The number of carbonyl (C=O) groups is 2. The molecule has 0 atom stereocenters. The van der Waals surface area contributed by atoms with Crippen molar-refractivity contribution in [2.24, 2.45) is 0 Å². The summed E-state index contributed by atoms with van der Waals surface area (Å²) < 4.78 is 0. The minimum atomic E-state index is 0.0365. The molecule has 78 valence electrons. The van der Waals surface area contributed by atoms with Gasteiger partial charge in [-0.3, -0.25) is 9.59 Å². The van der Waals surface area contributed by atoms with Crippen LogP contribution in [0.4, 0.5) is 5.69 Å². The minimum Gasteiger partial charge on any atom is -0.326 e. The Labute approximate surface area is 88.5 Å². The summed E-state index contributed by atoms with van der Waals surface area (Å²) >= 11 is 0. The molecule has 0 fully saturated rings. The van der Waals surface area contributed by atoms with E-state index in [1.807, 2.05) is 12.1 Å². The van der Waals surface area contributed by atoms with Crippen LogP contribution >= 0.6 is 0 Å². The van der Waals surface area contributed by atoms with E-state index in [-0.39, 0.29) is 11.7 Å². The summed E-state index contributed by atoms with van der Waals surface area (Å²) in [5.74, 6) is 0.0949. The quantitative estimate of drug-likeness (QED) is 0.711. The van der Waals surface area contributed by atoms with Crippen LogP contribution in [0.15, 0.2) is 18.2 Å². The molecule has 1 aromatic rings. The topological polar surface area (TPSA) is 46.2 Å². The lowest BCUT2D eigenvalue weighted by molar-refractivity contribution is -0.116. The summed E-state index contributed by atoms with van der Waals surface area (Å²) in [7, 11) is 0. The lowest BCUT2D eigenvalue weighted by Gasteiger charge is -2.09. The number of benzene rings is 1. The first-order valence-electron chi connectivity index (χ1n) is 5.11. The summed E-state index contributed by atoms with van der Waals surface area (Å²) in [6, 6.07) is 5.48. The Morgan fingerprint density at radius 3 is 2.87 bits per heavy atom. The number of rotatable bonds is 1. The molecule has 0 radical (unpaired) electrons. The molecule has 0 unspecified atom stereocenters. The molecule has 3 heteroatoms. The molecule has 0 aromatic heterocycles. The molecule has 1 amide bonds. The Morgan fingerprint density at radius 1 is 1.33 bits per heavy atom. The number of hydrogen-bond donors (Lipinski definition) is 1. The highest BCUT2D eigenvalue weighted by atomic mass is 16.1. The number of carbonyl (C=O) groups excluding carboxylic acids is 2. The smallest absolute Gasteiger partial charge is 0.224 e.